The standard InChI is InChI=1S/C20H29N3O2S/c1-4-25-18-11-6-5-9-16(18)12-13-19(24)22-23-20(26)21-17-10-7-8-14(2)15(17)3/h5-6,9,11-15,17H,4,7-8,10H2,1-3H3,(H,22,24)(H2,21,23,26)/b13-12+/t14-,15+,17+/m1/s1. The van der Waals surface area contributed by atoms with E-state index in [0.717, 1.165) is 17.7 Å². The number of ether oxygens (including phenoxy) is 1. The molecule has 1 fully saturated rings. The van der Waals surface area contributed by atoms with Crippen LogP contribution in [-0.2, 0) is 4.79 Å². The zero-order valence-electron chi connectivity index (χ0n) is 15.7. The third-order valence-corrected chi connectivity index (χ3v) is 5.18. The van der Waals surface area contributed by atoms with Crippen molar-refractivity contribution in [3.8, 4) is 5.75 Å². The Morgan fingerprint density at radius 3 is 2.81 bits per heavy atom. The van der Waals surface area contributed by atoms with Gasteiger partial charge in [-0.2, -0.15) is 0 Å². The molecule has 0 heterocycles. The Balaban J connectivity index is 1.80. The van der Waals surface area contributed by atoms with E-state index in [1.54, 1.807) is 6.08 Å². The Morgan fingerprint density at radius 1 is 1.27 bits per heavy atom. The van der Waals surface area contributed by atoms with E-state index in [2.05, 4.69) is 30.0 Å². The second-order valence-electron chi connectivity index (χ2n) is 6.77. The van der Waals surface area contributed by atoms with Gasteiger partial charge in [0.25, 0.3) is 5.91 Å². The molecule has 26 heavy (non-hydrogen) atoms. The van der Waals surface area contributed by atoms with Crippen LogP contribution in [0.5, 0.6) is 5.75 Å². The lowest BCUT2D eigenvalue weighted by Crippen LogP contribution is -2.52. The first-order chi connectivity index (χ1) is 12.5. The third kappa shape index (κ3) is 6.02. The summed E-state index contributed by atoms with van der Waals surface area (Å²) in [5, 5.41) is 3.77. The highest BCUT2D eigenvalue weighted by atomic mass is 32.1. The van der Waals surface area contributed by atoms with Gasteiger partial charge in [-0.05, 0) is 49.5 Å². The Bertz CT molecular complexity index is 648. The van der Waals surface area contributed by atoms with Crippen LogP contribution in [0.3, 0.4) is 0 Å². The normalized spacial score (nSPS) is 22.7. The molecule has 0 spiro atoms. The number of rotatable bonds is 5. The number of benzene rings is 1. The van der Waals surface area contributed by atoms with Gasteiger partial charge in [-0.15, -0.1) is 0 Å². The van der Waals surface area contributed by atoms with Gasteiger partial charge in [0, 0.05) is 17.7 Å². The van der Waals surface area contributed by atoms with Crippen LogP contribution in [0, 0.1) is 11.8 Å². The molecule has 0 aromatic heterocycles. The van der Waals surface area contributed by atoms with Gasteiger partial charge < -0.3 is 10.1 Å². The van der Waals surface area contributed by atoms with E-state index in [1.807, 2.05) is 31.2 Å². The highest BCUT2D eigenvalue weighted by molar-refractivity contribution is 7.80. The number of carbonyl (C=O) groups is 1. The fourth-order valence-corrected chi connectivity index (χ4v) is 3.42. The number of hydrogen-bond donors (Lipinski definition) is 3. The summed E-state index contributed by atoms with van der Waals surface area (Å²) in [5.41, 5.74) is 6.24. The lowest BCUT2D eigenvalue weighted by Gasteiger charge is -2.35. The number of hydrogen-bond acceptors (Lipinski definition) is 3. The molecule has 1 amide bonds. The number of amides is 1. The zero-order valence-corrected chi connectivity index (χ0v) is 16.6. The first kappa shape index (κ1) is 20.2. The molecule has 142 valence electrons. The number of para-hydroxylation sites is 1. The minimum Gasteiger partial charge on any atom is -0.493 e. The van der Waals surface area contributed by atoms with Crippen LogP contribution in [0.2, 0.25) is 0 Å². The summed E-state index contributed by atoms with van der Waals surface area (Å²) in [6.07, 6.45) is 6.77. The van der Waals surface area contributed by atoms with Crippen LogP contribution >= 0.6 is 12.2 Å². The molecular formula is C20H29N3O2S. The van der Waals surface area contributed by atoms with Crippen molar-refractivity contribution in [3.63, 3.8) is 0 Å². The van der Waals surface area contributed by atoms with E-state index in [0.29, 0.717) is 29.6 Å². The molecule has 0 bridgehead atoms. The lowest BCUT2D eigenvalue weighted by atomic mass is 9.78. The van der Waals surface area contributed by atoms with Crippen molar-refractivity contribution in [3.05, 3.63) is 35.9 Å². The van der Waals surface area contributed by atoms with Crippen LogP contribution in [-0.4, -0.2) is 23.7 Å². The first-order valence-electron chi connectivity index (χ1n) is 9.27. The molecule has 0 unspecified atom stereocenters. The average molecular weight is 376 g/mol. The van der Waals surface area contributed by atoms with Crippen molar-refractivity contribution in [1.82, 2.24) is 16.2 Å². The number of thiocarbonyl (C=S) groups is 1. The molecule has 1 saturated carbocycles. The molecule has 1 aliphatic carbocycles. The van der Waals surface area contributed by atoms with Crippen molar-refractivity contribution >= 4 is 29.3 Å². The largest absolute Gasteiger partial charge is 0.493 e. The van der Waals surface area contributed by atoms with E-state index >= 15 is 0 Å². The van der Waals surface area contributed by atoms with Crippen LogP contribution in [0.1, 0.15) is 45.6 Å². The molecule has 0 radical (unpaired) electrons. The summed E-state index contributed by atoms with van der Waals surface area (Å²) in [6.45, 7) is 7.04. The number of nitrogens with one attached hydrogen (secondary N) is 3. The molecule has 1 aromatic rings. The van der Waals surface area contributed by atoms with Crippen molar-refractivity contribution in [1.29, 1.82) is 0 Å². The van der Waals surface area contributed by atoms with E-state index in [4.69, 9.17) is 17.0 Å². The third-order valence-electron chi connectivity index (χ3n) is 4.96. The first-order valence-corrected chi connectivity index (χ1v) is 9.68. The summed E-state index contributed by atoms with van der Waals surface area (Å²) >= 11 is 5.30. The van der Waals surface area contributed by atoms with Gasteiger partial charge in [-0.25, -0.2) is 0 Å². The highest BCUT2D eigenvalue weighted by Gasteiger charge is 2.27. The summed E-state index contributed by atoms with van der Waals surface area (Å²) in [4.78, 5) is 12.0. The topological polar surface area (TPSA) is 62.4 Å². The Hall–Kier alpha value is -2.08. The Morgan fingerprint density at radius 2 is 2.04 bits per heavy atom. The maximum Gasteiger partial charge on any atom is 0.262 e. The molecule has 1 aromatic carbocycles. The van der Waals surface area contributed by atoms with Crippen molar-refractivity contribution in [2.75, 3.05) is 6.61 Å². The van der Waals surface area contributed by atoms with Crippen LogP contribution in [0.4, 0.5) is 0 Å². The van der Waals surface area contributed by atoms with Gasteiger partial charge in [-0.1, -0.05) is 44.9 Å². The number of hydrazine groups is 1. The van der Waals surface area contributed by atoms with E-state index < -0.39 is 0 Å². The molecule has 2 rings (SSSR count). The predicted octanol–water partition coefficient (Wildman–Crippen LogP) is 3.42. The summed E-state index contributed by atoms with van der Waals surface area (Å²) in [6, 6.07) is 7.94. The maximum absolute atomic E-state index is 12.0. The summed E-state index contributed by atoms with van der Waals surface area (Å²) in [7, 11) is 0. The SMILES string of the molecule is CCOc1ccccc1/C=C/C(=O)NNC(=S)N[C@H]1CCC[C@@H](C)[C@@H]1C. The minimum absolute atomic E-state index is 0.273. The lowest BCUT2D eigenvalue weighted by molar-refractivity contribution is -0.116. The van der Waals surface area contributed by atoms with Gasteiger partial charge in [-0.3, -0.25) is 15.6 Å². The average Bonchev–Trinajstić information content (AvgIpc) is 2.63. The minimum atomic E-state index is -0.273. The van der Waals surface area contributed by atoms with Gasteiger partial charge in [0.2, 0.25) is 0 Å². The monoisotopic (exact) mass is 375 g/mol. The number of carbonyl (C=O) groups excluding carboxylic acids is 1. The Kier molecular flexibility index (Phi) is 7.91. The molecule has 1 aliphatic rings. The maximum atomic E-state index is 12.0. The molecule has 6 heteroatoms. The van der Waals surface area contributed by atoms with Gasteiger partial charge in [0.15, 0.2) is 5.11 Å². The van der Waals surface area contributed by atoms with Crippen molar-refractivity contribution < 1.29 is 9.53 Å². The second-order valence-corrected chi connectivity index (χ2v) is 7.17. The van der Waals surface area contributed by atoms with Crippen molar-refractivity contribution in [2.45, 2.75) is 46.1 Å². The molecule has 5 nitrogen and oxygen atoms in total. The molecule has 3 N–H and O–H groups in total. The smallest absolute Gasteiger partial charge is 0.262 e. The van der Waals surface area contributed by atoms with Gasteiger partial charge >= 0.3 is 0 Å². The van der Waals surface area contributed by atoms with Gasteiger partial charge in [0.1, 0.15) is 5.75 Å². The van der Waals surface area contributed by atoms with Crippen LogP contribution in [0.25, 0.3) is 6.08 Å². The zero-order chi connectivity index (χ0) is 18.9. The summed E-state index contributed by atoms with van der Waals surface area (Å²) in [5.74, 6) is 1.73. The predicted molar refractivity (Wildman–Crippen MR) is 110 cm³/mol. The van der Waals surface area contributed by atoms with Crippen molar-refractivity contribution in [2.24, 2.45) is 11.8 Å². The molecule has 0 aliphatic heterocycles. The fraction of sp³-hybridized carbons (Fsp3) is 0.500. The quantitative estimate of drug-likeness (QED) is 0.418. The molecule has 3 atom stereocenters. The Labute approximate surface area is 161 Å². The van der Waals surface area contributed by atoms with E-state index in [9.17, 15) is 4.79 Å². The van der Waals surface area contributed by atoms with E-state index in [1.165, 1.54) is 18.9 Å². The molecular weight excluding hydrogens is 346 g/mol. The van der Waals surface area contributed by atoms with Crippen LogP contribution < -0.4 is 20.9 Å². The van der Waals surface area contributed by atoms with E-state index in [-0.39, 0.29) is 5.91 Å². The van der Waals surface area contributed by atoms with Crippen LogP contribution in [0.15, 0.2) is 30.3 Å². The molecule has 0 saturated heterocycles. The second kappa shape index (κ2) is 10.2. The summed E-state index contributed by atoms with van der Waals surface area (Å²) < 4.78 is 5.54. The van der Waals surface area contributed by atoms with Gasteiger partial charge in [0.05, 0.1) is 6.61 Å². The highest BCUT2D eigenvalue weighted by Crippen LogP contribution is 2.29. The fourth-order valence-electron chi connectivity index (χ4n) is 3.22.